The van der Waals surface area contributed by atoms with Gasteiger partial charge in [-0.25, -0.2) is 0 Å². The zero-order chi connectivity index (χ0) is 11.3. The highest BCUT2D eigenvalue weighted by molar-refractivity contribution is 9.10. The summed E-state index contributed by atoms with van der Waals surface area (Å²) in [5.74, 6) is 0.504. The lowest BCUT2D eigenvalue weighted by molar-refractivity contribution is -0.142. The van der Waals surface area contributed by atoms with Gasteiger partial charge in [0.1, 0.15) is 5.75 Å². The molecule has 0 spiro atoms. The number of ether oxygens (including phenoxy) is 2. The van der Waals surface area contributed by atoms with Gasteiger partial charge >= 0.3 is 5.97 Å². The van der Waals surface area contributed by atoms with Crippen molar-refractivity contribution >= 4 is 21.9 Å². The second kappa shape index (κ2) is 5.75. The minimum absolute atomic E-state index is 0.230. The fourth-order valence-corrected chi connectivity index (χ4v) is 1.57. The molecule has 1 aromatic rings. The Morgan fingerprint density at radius 1 is 1.47 bits per heavy atom. The Morgan fingerprint density at radius 2 is 2.20 bits per heavy atom. The summed E-state index contributed by atoms with van der Waals surface area (Å²) in [5, 5.41) is 0. The third kappa shape index (κ3) is 3.55. The number of hydrogen-bond acceptors (Lipinski definition) is 3. The van der Waals surface area contributed by atoms with Gasteiger partial charge in [0, 0.05) is 4.47 Å². The Hall–Kier alpha value is -1.03. The van der Waals surface area contributed by atoms with E-state index in [1.807, 2.05) is 18.2 Å². The largest absolute Gasteiger partial charge is 0.497 e. The van der Waals surface area contributed by atoms with Crippen molar-refractivity contribution in [2.75, 3.05) is 13.7 Å². The van der Waals surface area contributed by atoms with Crippen molar-refractivity contribution in [2.45, 2.75) is 13.3 Å². The van der Waals surface area contributed by atoms with E-state index in [0.29, 0.717) is 6.61 Å². The summed E-state index contributed by atoms with van der Waals surface area (Å²) in [4.78, 5) is 11.3. The minimum atomic E-state index is -0.230. The van der Waals surface area contributed by atoms with Crippen LogP contribution in [0.1, 0.15) is 12.5 Å². The van der Waals surface area contributed by atoms with Crippen molar-refractivity contribution in [3.8, 4) is 5.75 Å². The summed E-state index contributed by atoms with van der Waals surface area (Å²) < 4.78 is 10.8. The third-order valence-corrected chi connectivity index (χ3v) is 2.67. The first-order valence-electron chi connectivity index (χ1n) is 4.65. The van der Waals surface area contributed by atoms with Gasteiger partial charge in [0.25, 0.3) is 0 Å². The molecule has 82 valence electrons. The molecule has 0 saturated carbocycles. The lowest BCUT2D eigenvalue weighted by atomic mass is 10.1. The first-order chi connectivity index (χ1) is 7.17. The third-order valence-electron chi connectivity index (χ3n) is 1.89. The fourth-order valence-electron chi connectivity index (χ4n) is 1.18. The smallest absolute Gasteiger partial charge is 0.310 e. The van der Waals surface area contributed by atoms with Crippen molar-refractivity contribution in [2.24, 2.45) is 0 Å². The van der Waals surface area contributed by atoms with Crippen LogP contribution in [0.25, 0.3) is 0 Å². The second-order valence-corrected chi connectivity index (χ2v) is 3.79. The monoisotopic (exact) mass is 272 g/mol. The Balaban J connectivity index is 2.79. The lowest BCUT2D eigenvalue weighted by Crippen LogP contribution is -2.08. The Morgan fingerprint density at radius 3 is 2.80 bits per heavy atom. The molecule has 0 fully saturated rings. The number of rotatable bonds is 4. The van der Waals surface area contributed by atoms with E-state index in [2.05, 4.69) is 15.9 Å². The highest BCUT2D eigenvalue weighted by Crippen LogP contribution is 2.23. The zero-order valence-electron chi connectivity index (χ0n) is 8.75. The van der Waals surface area contributed by atoms with E-state index in [-0.39, 0.29) is 12.4 Å². The molecule has 0 saturated heterocycles. The normalized spacial score (nSPS) is 9.80. The van der Waals surface area contributed by atoms with Gasteiger partial charge in [-0.1, -0.05) is 15.9 Å². The quantitative estimate of drug-likeness (QED) is 0.791. The van der Waals surface area contributed by atoms with Crippen LogP contribution in [0.15, 0.2) is 22.7 Å². The highest BCUT2D eigenvalue weighted by Gasteiger charge is 2.08. The molecule has 0 amide bonds. The molecule has 0 aliphatic heterocycles. The summed E-state index contributed by atoms with van der Waals surface area (Å²) in [5.41, 5.74) is 0.868. The van der Waals surface area contributed by atoms with Gasteiger partial charge in [-0.3, -0.25) is 4.79 Å². The standard InChI is InChI=1S/C11H13BrO3/c1-3-15-11(13)7-8-6-9(14-2)4-5-10(8)12/h4-6H,3,7H2,1-2H3. The lowest BCUT2D eigenvalue weighted by Gasteiger charge is -2.06. The van der Waals surface area contributed by atoms with E-state index in [1.165, 1.54) is 0 Å². The minimum Gasteiger partial charge on any atom is -0.497 e. The number of hydrogen-bond donors (Lipinski definition) is 0. The fraction of sp³-hybridized carbons (Fsp3) is 0.364. The van der Waals surface area contributed by atoms with E-state index in [9.17, 15) is 4.79 Å². The molecule has 3 nitrogen and oxygen atoms in total. The summed E-state index contributed by atoms with van der Waals surface area (Å²) in [6.45, 7) is 2.19. The molecule has 0 aromatic heterocycles. The van der Waals surface area contributed by atoms with Gasteiger partial charge in [0.2, 0.25) is 0 Å². The predicted octanol–water partition coefficient (Wildman–Crippen LogP) is 2.56. The molecule has 0 aliphatic rings. The van der Waals surface area contributed by atoms with Crippen molar-refractivity contribution in [1.82, 2.24) is 0 Å². The molecule has 0 N–H and O–H groups in total. The van der Waals surface area contributed by atoms with Crippen LogP contribution < -0.4 is 4.74 Å². The molecule has 0 radical (unpaired) electrons. The number of esters is 1. The predicted molar refractivity (Wildman–Crippen MR) is 61.0 cm³/mol. The van der Waals surface area contributed by atoms with Crippen molar-refractivity contribution < 1.29 is 14.3 Å². The maximum absolute atomic E-state index is 11.3. The van der Waals surface area contributed by atoms with E-state index < -0.39 is 0 Å². The van der Waals surface area contributed by atoms with E-state index >= 15 is 0 Å². The van der Waals surface area contributed by atoms with Gasteiger partial charge in [0.15, 0.2) is 0 Å². The van der Waals surface area contributed by atoms with Crippen LogP contribution in [0.5, 0.6) is 5.75 Å². The number of halogens is 1. The molecule has 1 aromatic carbocycles. The molecular weight excluding hydrogens is 260 g/mol. The van der Waals surface area contributed by atoms with Crippen LogP contribution in [-0.4, -0.2) is 19.7 Å². The Bertz CT molecular complexity index is 350. The molecule has 0 unspecified atom stereocenters. The SMILES string of the molecule is CCOC(=O)Cc1cc(OC)ccc1Br. The molecule has 4 heteroatoms. The first kappa shape index (κ1) is 12.0. The van der Waals surface area contributed by atoms with Crippen LogP contribution in [-0.2, 0) is 16.0 Å². The van der Waals surface area contributed by atoms with Crippen molar-refractivity contribution in [3.05, 3.63) is 28.2 Å². The van der Waals surface area contributed by atoms with E-state index in [4.69, 9.17) is 9.47 Å². The van der Waals surface area contributed by atoms with Crippen molar-refractivity contribution in [3.63, 3.8) is 0 Å². The second-order valence-electron chi connectivity index (χ2n) is 2.94. The van der Waals surface area contributed by atoms with Crippen LogP contribution in [0.4, 0.5) is 0 Å². The van der Waals surface area contributed by atoms with Gasteiger partial charge in [0.05, 0.1) is 20.1 Å². The van der Waals surface area contributed by atoms with Gasteiger partial charge in [-0.05, 0) is 30.7 Å². The summed E-state index contributed by atoms with van der Waals surface area (Å²) in [6, 6.07) is 5.51. The zero-order valence-corrected chi connectivity index (χ0v) is 10.3. The van der Waals surface area contributed by atoms with E-state index in [0.717, 1.165) is 15.8 Å². The molecule has 0 aliphatic carbocycles. The Kier molecular flexibility index (Phi) is 4.62. The van der Waals surface area contributed by atoms with Gasteiger partial charge in [-0.15, -0.1) is 0 Å². The Labute approximate surface area is 97.5 Å². The van der Waals surface area contributed by atoms with Crippen LogP contribution >= 0.6 is 15.9 Å². The average molecular weight is 273 g/mol. The number of carbonyl (C=O) groups excluding carboxylic acids is 1. The maximum Gasteiger partial charge on any atom is 0.310 e. The molecule has 0 atom stereocenters. The van der Waals surface area contributed by atoms with Crippen LogP contribution in [0.2, 0.25) is 0 Å². The molecule has 0 bridgehead atoms. The summed E-state index contributed by atoms with van der Waals surface area (Å²) in [6.07, 6.45) is 0.256. The molecule has 15 heavy (non-hydrogen) atoms. The van der Waals surface area contributed by atoms with Gasteiger partial charge < -0.3 is 9.47 Å². The number of methoxy groups -OCH3 is 1. The summed E-state index contributed by atoms with van der Waals surface area (Å²) >= 11 is 3.38. The topological polar surface area (TPSA) is 35.5 Å². The molecular formula is C11H13BrO3. The van der Waals surface area contributed by atoms with Gasteiger partial charge in [-0.2, -0.15) is 0 Å². The van der Waals surface area contributed by atoms with Crippen LogP contribution in [0, 0.1) is 0 Å². The van der Waals surface area contributed by atoms with Crippen LogP contribution in [0.3, 0.4) is 0 Å². The van der Waals surface area contributed by atoms with Crippen molar-refractivity contribution in [1.29, 1.82) is 0 Å². The maximum atomic E-state index is 11.3. The number of benzene rings is 1. The molecule has 0 heterocycles. The number of carbonyl (C=O) groups is 1. The average Bonchev–Trinajstić information content (AvgIpc) is 2.21. The first-order valence-corrected chi connectivity index (χ1v) is 5.44. The van der Waals surface area contributed by atoms with E-state index in [1.54, 1.807) is 14.0 Å². The summed E-state index contributed by atoms with van der Waals surface area (Å²) in [7, 11) is 1.59. The molecule has 1 rings (SSSR count). The highest BCUT2D eigenvalue weighted by atomic mass is 79.9.